The zero-order valence-corrected chi connectivity index (χ0v) is 16.7. The molecule has 9 heteroatoms. The summed E-state index contributed by atoms with van der Waals surface area (Å²) in [5.41, 5.74) is -1.03. The molecule has 9 nitrogen and oxygen atoms in total. The van der Waals surface area contributed by atoms with E-state index < -0.39 is 29.4 Å². The Morgan fingerprint density at radius 2 is 1.70 bits per heavy atom. The summed E-state index contributed by atoms with van der Waals surface area (Å²) >= 11 is 0. The Bertz CT molecular complexity index is 610. The first-order valence-corrected chi connectivity index (χ1v) is 9.41. The van der Waals surface area contributed by atoms with Crippen molar-refractivity contribution in [1.29, 1.82) is 0 Å². The third-order valence-corrected chi connectivity index (χ3v) is 5.49. The molecule has 0 amide bonds. The fourth-order valence-corrected chi connectivity index (χ4v) is 4.22. The molecule has 0 aromatic carbocycles. The van der Waals surface area contributed by atoms with E-state index in [1.165, 1.54) is 7.11 Å². The molecule has 4 rings (SSSR count). The van der Waals surface area contributed by atoms with Gasteiger partial charge in [-0.15, -0.1) is 0 Å². The molecule has 0 aromatic rings. The van der Waals surface area contributed by atoms with Crippen LogP contribution in [0.5, 0.6) is 0 Å². The Balaban J connectivity index is 1.53. The quantitative estimate of drug-likeness (QED) is 0.657. The standard InChI is InChI=1S/C18H29NO8/c1-16(2)22-9-10(24-16)11-12-13(26-17(3,4)25-12)14(23-11)19-8-7-18(5,27-19)15(20)21-6/h10-14H,7-9H2,1-6H3. The number of nitrogens with zero attached hydrogens (tertiary/aromatic N) is 1. The Kier molecular flexibility index (Phi) is 4.59. The second kappa shape index (κ2) is 6.35. The van der Waals surface area contributed by atoms with E-state index >= 15 is 0 Å². The molecule has 0 aromatic heterocycles. The molecule has 4 aliphatic heterocycles. The molecule has 0 radical (unpaired) electrons. The number of hydrogen-bond acceptors (Lipinski definition) is 9. The maximum atomic E-state index is 12.1. The molecule has 4 fully saturated rings. The number of methoxy groups -OCH3 is 1. The predicted octanol–water partition coefficient (Wildman–Crippen LogP) is 0.952. The average molecular weight is 387 g/mol. The lowest BCUT2D eigenvalue weighted by molar-refractivity contribution is -0.294. The molecule has 4 aliphatic rings. The largest absolute Gasteiger partial charge is 0.467 e. The Morgan fingerprint density at radius 1 is 1.00 bits per heavy atom. The van der Waals surface area contributed by atoms with Gasteiger partial charge in [-0.05, 0) is 34.6 Å². The first-order chi connectivity index (χ1) is 12.5. The Labute approximate surface area is 159 Å². The van der Waals surface area contributed by atoms with Crippen molar-refractivity contribution in [3.05, 3.63) is 0 Å². The highest BCUT2D eigenvalue weighted by molar-refractivity contribution is 5.79. The van der Waals surface area contributed by atoms with Crippen molar-refractivity contribution in [3.8, 4) is 0 Å². The third-order valence-electron chi connectivity index (χ3n) is 5.49. The van der Waals surface area contributed by atoms with Crippen LogP contribution in [0.15, 0.2) is 0 Å². The number of hydroxylamine groups is 2. The summed E-state index contributed by atoms with van der Waals surface area (Å²) in [6.07, 6.45) is -1.33. The van der Waals surface area contributed by atoms with Gasteiger partial charge in [-0.25, -0.2) is 4.79 Å². The van der Waals surface area contributed by atoms with Crippen LogP contribution in [0.1, 0.15) is 41.0 Å². The van der Waals surface area contributed by atoms with Crippen molar-refractivity contribution in [2.45, 2.75) is 88.9 Å². The number of ether oxygens (including phenoxy) is 6. The summed E-state index contributed by atoms with van der Waals surface area (Å²) in [6, 6.07) is 0. The van der Waals surface area contributed by atoms with Crippen molar-refractivity contribution >= 4 is 5.97 Å². The van der Waals surface area contributed by atoms with E-state index in [4.69, 9.17) is 33.3 Å². The molecular weight excluding hydrogens is 358 g/mol. The molecule has 6 unspecified atom stereocenters. The summed E-state index contributed by atoms with van der Waals surface area (Å²) < 4.78 is 35.1. The van der Waals surface area contributed by atoms with Crippen LogP contribution in [0.25, 0.3) is 0 Å². The van der Waals surface area contributed by atoms with E-state index in [0.29, 0.717) is 19.6 Å². The topological polar surface area (TPSA) is 84.9 Å². The summed E-state index contributed by atoms with van der Waals surface area (Å²) in [6.45, 7) is 10.1. The lowest BCUT2D eigenvalue weighted by Crippen LogP contribution is -2.45. The molecule has 0 spiro atoms. The minimum absolute atomic E-state index is 0.274. The molecule has 27 heavy (non-hydrogen) atoms. The van der Waals surface area contributed by atoms with Gasteiger partial charge in [0, 0.05) is 13.0 Å². The van der Waals surface area contributed by atoms with Crippen LogP contribution in [0, 0.1) is 0 Å². The lowest BCUT2D eigenvalue weighted by Gasteiger charge is -2.30. The van der Waals surface area contributed by atoms with E-state index in [9.17, 15) is 4.79 Å². The molecule has 4 heterocycles. The minimum atomic E-state index is -1.03. The Hall–Kier alpha value is -0.810. The number of fused-ring (bicyclic) bond motifs is 1. The summed E-state index contributed by atoms with van der Waals surface area (Å²) in [4.78, 5) is 18.0. The fourth-order valence-electron chi connectivity index (χ4n) is 4.22. The van der Waals surface area contributed by atoms with Crippen LogP contribution in [0.4, 0.5) is 0 Å². The molecule has 0 N–H and O–H groups in total. The second-order valence-electron chi connectivity index (χ2n) is 8.63. The van der Waals surface area contributed by atoms with Crippen LogP contribution in [0.3, 0.4) is 0 Å². The SMILES string of the molecule is COC(=O)C1(C)CCN(C2OC(C3COC(C)(C)O3)C3OC(C)(C)OC32)O1. The first kappa shape index (κ1) is 19.5. The lowest BCUT2D eigenvalue weighted by atomic mass is 10.0. The highest BCUT2D eigenvalue weighted by atomic mass is 16.8. The van der Waals surface area contributed by atoms with Gasteiger partial charge in [0.05, 0.1) is 13.7 Å². The zero-order chi connectivity index (χ0) is 19.6. The van der Waals surface area contributed by atoms with Crippen molar-refractivity contribution in [1.82, 2.24) is 5.06 Å². The van der Waals surface area contributed by atoms with Crippen LogP contribution >= 0.6 is 0 Å². The van der Waals surface area contributed by atoms with Crippen LogP contribution in [-0.2, 0) is 38.1 Å². The maximum absolute atomic E-state index is 12.1. The van der Waals surface area contributed by atoms with Crippen LogP contribution < -0.4 is 0 Å². The van der Waals surface area contributed by atoms with Crippen molar-refractivity contribution in [3.63, 3.8) is 0 Å². The Morgan fingerprint density at radius 3 is 2.33 bits per heavy atom. The van der Waals surface area contributed by atoms with E-state index in [1.807, 2.05) is 27.7 Å². The first-order valence-electron chi connectivity index (χ1n) is 9.41. The van der Waals surface area contributed by atoms with Crippen LogP contribution in [0.2, 0.25) is 0 Å². The number of esters is 1. The molecule has 0 aliphatic carbocycles. The van der Waals surface area contributed by atoms with E-state index in [1.54, 1.807) is 12.0 Å². The number of carbonyl (C=O) groups is 1. The van der Waals surface area contributed by atoms with E-state index in [-0.39, 0.29) is 24.4 Å². The van der Waals surface area contributed by atoms with Gasteiger partial charge >= 0.3 is 5.97 Å². The summed E-state index contributed by atoms with van der Waals surface area (Å²) in [7, 11) is 1.35. The fraction of sp³-hybridized carbons (Fsp3) is 0.944. The van der Waals surface area contributed by atoms with Gasteiger partial charge in [-0.2, -0.15) is 5.06 Å². The smallest absolute Gasteiger partial charge is 0.340 e. The van der Waals surface area contributed by atoms with Gasteiger partial charge in [0.25, 0.3) is 0 Å². The molecular formula is C18H29NO8. The highest BCUT2D eigenvalue weighted by Crippen LogP contribution is 2.44. The van der Waals surface area contributed by atoms with E-state index in [0.717, 1.165) is 0 Å². The number of rotatable bonds is 3. The second-order valence-corrected chi connectivity index (χ2v) is 8.63. The van der Waals surface area contributed by atoms with Crippen LogP contribution in [-0.4, -0.2) is 79.1 Å². The van der Waals surface area contributed by atoms with Gasteiger partial charge in [-0.3, -0.25) is 4.84 Å². The number of hydrogen-bond donors (Lipinski definition) is 0. The van der Waals surface area contributed by atoms with Gasteiger partial charge in [0.1, 0.15) is 24.4 Å². The van der Waals surface area contributed by atoms with Gasteiger partial charge in [0.2, 0.25) is 0 Å². The minimum Gasteiger partial charge on any atom is -0.467 e. The molecule has 4 saturated heterocycles. The highest BCUT2D eigenvalue weighted by Gasteiger charge is 2.62. The van der Waals surface area contributed by atoms with Gasteiger partial charge in [0.15, 0.2) is 23.4 Å². The van der Waals surface area contributed by atoms with Crippen molar-refractivity contribution in [2.75, 3.05) is 20.3 Å². The molecule has 0 bridgehead atoms. The van der Waals surface area contributed by atoms with Crippen molar-refractivity contribution in [2.24, 2.45) is 0 Å². The predicted molar refractivity (Wildman–Crippen MR) is 90.2 cm³/mol. The average Bonchev–Trinajstić information content (AvgIpc) is 3.29. The van der Waals surface area contributed by atoms with Gasteiger partial charge in [-0.1, -0.05) is 0 Å². The summed E-state index contributed by atoms with van der Waals surface area (Å²) in [5, 5.41) is 1.67. The monoisotopic (exact) mass is 387 g/mol. The normalized spacial score (nSPS) is 45.9. The molecule has 0 saturated carbocycles. The maximum Gasteiger partial charge on any atom is 0.340 e. The zero-order valence-electron chi connectivity index (χ0n) is 16.7. The third kappa shape index (κ3) is 3.39. The van der Waals surface area contributed by atoms with Gasteiger partial charge < -0.3 is 28.4 Å². The summed E-state index contributed by atoms with van der Waals surface area (Å²) in [5.74, 6) is -1.81. The molecule has 154 valence electrons. The molecule has 6 atom stereocenters. The van der Waals surface area contributed by atoms with E-state index in [2.05, 4.69) is 0 Å². The van der Waals surface area contributed by atoms with Crippen molar-refractivity contribution < 1.29 is 38.1 Å². The number of carbonyl (C=O) groups excluding carboxylic acids is 1.